The van der Waals surface area contributed by atoms with Gasteiger partial charge in [-0.15, -0.1) is 11.3 Å². The monoisotopic (exact) mass is 422 g/mol. The third-order valence-corrected chi connectivity index (χ3v) is 6.33. The van der Waals surface area contributed by atoms with Gasteiger partial charge in [-0.1, -0.05) is 48.5 Å². The highest BCUT2D eigenvalue weighted by molar-refractivity contribution is 7.80. The Balaban J connectivity index is 1.66. The van der Waals surface area contributed by atoms with Crippen LogP contribution >= 0.6 is 23.6 Å². The van der Waals surface area contributed by atoms with Gasteiger partial charge in [-0.3, -0.25) is 0 Å². The van der Waals surface area contributed by atoms with Crippen molar-refractivity contribution in [1.82, 2.24) is 0 Å². The number of anilines is 2. The molecule has 148 valence electrons. The highest BCUT2D eigenvalue weighted by Gasteiger charge is 2.29. The van der Waals surface area contributed by atoms with E-state index in [9.17, 15) is 4.79 Å². The Morgan fingerprint density at radius 2 is 1.93 bits per heavy atom. The van der Waals surface area contributed by atoms with Crippen molar-refractivity contribution < 1.29 is 9.53 Å². The molecule has 0 spiro atoms. The van der Waals surface area contributed by atoms with Gasteiger partial charge in [-0.2, -0.15) is 0 Å². The van der Waals surface area contributed by atoms with Crippen molar-refractivity contribution in [3.63, 3.8) is 0 Å². The maximum atomic E-state index is 12.6. The van der Waals surface area contributed by atoms with Crippen molar-refractivity contribution >= 4 is 45.3 Å². The summed E-state index contributed by atoms with van der Waals surface area (Å²) in [7, 11) is 0. The third kappa shape index (κ3) is 3.91. The van der Waals surface area contributed by atoms with Crippen molar-refractivity contribution in [3.05, 3.63) is 71.8 Å². The van der Waals surface area contributed by atoms with Crippen LogP contribution in [0, 0.1) is 0 Å². The number of hydrogen-bond donors (Lipinski definition) is 1. The third-order valence-electron chi connectivity index (χ3n) is 4.93. The van der Waals surface area contributed by atoms with Crippen LogP contribution in [0.2, 0.25) is 0 Å². The van der Waals surface area contributed by atoms with Crippen LogP contribution in [0.15, 0.2) is 60.7 Å². The molecule has 0 unspecified atom stereocenters. The van der Waals surface area contributed by atoms with E-state index in [1.54, 1.807) is 0 Å². The highest BCUT2D eigenvalue weighted by Crippen LogP contribution is 2.38. The average molecular weight is 423 g/mol. The van der Waals surface area contributed by atoms with Gasteiger partial charge in [0, 0.05) is 16.6 Å². The number of fused-ring (bicyclic) bond motifs is 1. The van der Waals surface area contributed by atoms with E-state index in [0.717, 1.165) is 22.5 Å². The Hall–Kier alpha value is -2.70. The molecule has 0 fully saturated rings. The number of esters is 1. The molecule has 1 atom stereocenters. The first-order valence-corrected chi connectivity index (χ1v) is 10.9. The van der Waals surface area contributed by atoms with Gasteiger partial charge in [0.2, 0.25) is 0 Å². The van der Waals surface area contributed by atoms with Crippen LogP contribution in [0.5, 0.6) is 0 Å². The number of thiocarbonyl (C=S) groups is 1. The van der Waals surface area contributed by atoms with Crippen LogP contribution < -0.4 is 10.2 Å². The predicted molar refractivity (Wildman–Crippen MR) is 124 cm³/mol. The molecule has 0 amide bonds. The van der Waals surface area contributed by atoms with E-state index in [1.165, 1.54) is 16.9 Å². The van der Waals surface area contributed by atoms with Gasteiger partial charge in [-0.25, -0.2) is 4.79 Å². The second-order valence-electron chi connectivity index (χ2n) is 6.92. The highest BCUT2D eigenvalue weighted by atomic mass is 32.1. The number of hydrogen-bond acceptors (Lipinski definition) is 4. The standard InChI is InChI=1S/C23H22N2O2S2/c1-3-27-22(26)18-14-20(16-9-5-4-6-10-16)29-21(18)24-23(28)25-15(2)13-17-11-7-8-12-19(17)25/h4-12,14-15H,3,13H2,1-2H3,(H,24,28)/t15-/m1/s1. The zero-order valence-electron chi connectivity index (χ0n) is 16.3. The first kappa shape index (κ1) is 19.6. The number of nitrogens with one attached hydrogen (secondary N) is 1. The average Bonchev–Trinajstić information content (AvgIpc) is 3.29. The minimum atomic E-state index is -0.342. The van der Waals surface area contributed by atoms with Crippen molar-refractivity contribution in [2.45, 2.75) is 26.3 Å². The largest absolute Gasteiger partial charge is 0.462 e. The second-order valence-corrected chi connectivity index (χ2v) is 8.36. The van der Waals surface area contributed by atoms with Crippen LogP contribution in [0.1, 0.15) is 29.8 Å². The molecule has 0 saturated heterocycles. The normalized spacial score (nSPS) is 15.1. The number of carbonyl (C=O) groups is 1. The molecular weight excluding hydrogens is 400 g/mol. The lowest BCUT2D eigenvalue weighted by molar-refractivity contribution is 0.0528. The molecule has 1 aliphatic heterocycles. The van der Waals surface area contributed by atoms with E-state index in [0.29, 0.717) is 22.3 Å². The first-order valence-electron chi connectivity index (χ1n) is 9.63. The van der Waals surface area contributed by atoms with E-state index >= 15 is 0 Å². The topological polar surface area (TPSA) is 41.6 Å². The fourth-order valence-electron chi connectivity index (χ4n) is 3.62. The molecule has 0 bridgehead atoms. The number of rotatable bonds is 4. The van der Waals surface area contributed by atoms with Crippen molar-refractivity contribution in [2.24, 2.45) is 0 Å². The molecular formula is C23H22N2O2S2. The fraction of sp³-hybridized carbons (Fsp3) is 0.217. The van der Waals surface area contributed by atoms with E-state index in [1.807, 2.05) is 49.4 Å². The number of thiophene rings is 1. The summed E-state index contributed by atoms with van der Waals surface area (Å²) in [6.45, 7) is 4.29. The molecule has 2 heterocycles. The number of para-hydroxylation sites is 1. The Labute approximate surface area is 180 Å². The van der Waals surface area contributed by atoms with Crippen LogP contribution in [-0.2, 0) is 11.2 Å². The lowest BCUT2D eigenvalue weighted by Crippen LogP contribution is -2.38. The number of carbonyl (C=O) groups excluding carboxylic acids is 1. The molecule has 4 nitrogen and oxygen atoms in total. The Bertz CT molecular complexity index is 1050. The Morgan fingerprint density at radius 3 is 2.69 bits per heavy atom. The molecule has 1 aromatic heterocycles. The van der Waals surface area contributed by atoms with Crippen LogP contribution in [0.3, 0.4) is 0 Å². The summed E-state index contributed by atoms with van der Waals surface area (Å²) in [5.74, 6) is -0.342. The number of benzene rings is 2. The van der Waals surface area contributed by atoms with E-state index in [2.05, 4.69) is 35.3 Å². The lowest BCUT2D eigenvalue weighted by atomic mass is 10.1. The van der Waals surface area contributed by atoms with Gasteiger partial charge in [0.15, 0.2) is 5.11 Å². The number of nitrogens with zero attached hydrogens (tertiary/aromatic N) is 1. The quantitative estimate of drug-likeness (QED) is 0.429. The van der Waals surface area contributed by atoms with E-state index in [4.69, 9.17) is 17.0 Å². The van der Waals surface area contributed by atoms with E-state index in [-0.39, 0.29) is 12.0 Å². The van der Waals surface area contributed by atoms with Gasteiger partial charge in [0.05, 0.1) is 12.2 Å². The lowest BCUT2D eigenvalue weighted by Gasteiger charge is -2.25. The molecule has 6 heteroatoms. The molecule has 1 aliphatic rings. The number of ether oxygens (including phenoxy) is 1. The van der Waals surface area contributed by atoms with Gasteiger partial charge in [0.25, 0.3) is 0 Å². The van der Waals surface area contributed by atoms with Gasteiger partial charge in [0.1, 0.15) is 5.00 Å². The molecule has 0 saturated carbocycles. The summed E-state index contributed by atoms with van der Waals surface area (Å²) >= 11 is 7.27. The molecule has 4 rings (SSSR count). The van der Waals surface area contributed by atoms with Gasteiger partial charge < -0.3 is 15.0 Å². The summed E-state index contributed by atoms with van der Waals surface area (Å²) in [6.07, 6.45) is 0.947. The summed E-state index contributed by atoms with van der Waals surface area (Å²) in [5, 5.41) is 4.63. The summed E-state index contributed by atoms with van der Waals surface area (Å²) < 4.78 is 5.27. The molecule has 29 heavy (non-hydrogen) atoms. The van der Waals surface area contributed by atoms with E-state index < -0.39 is 0 Å². The van der Waals surface area contributed by atoms with Gasteiger partial charge >= 0.3 is 5.97 Å². The first-order chi connectivity index (χ1) is 14.1. The smallest absolute Gasteiger partial charge is 0.341 e. The van der Waals surface area contributed by atoms with Crippen molar-refractivity contribution in [3.8, 4) is 10.4 Å². The summed E-state index contributed by atoms with van der Waals surface area (Å²) in [4.78, 5) is 15.7. The SMILES string of the molecule is CCOC(=O)c1cc(-c2ccccc2)sc1NC(=S)N1c2ccccc2C[C@H]1C. The van der Waals surface area contributed by atoms with Crippen LogP contribution in [-0.4, -0.2) is 23.7 Å². The van der Waals surface area contributed by atoms with Crippen molar-refractivity contribution in [1.29, 1.82) is 0 Å². The maximum absolute atomic E-state index is 12.6. The fourth-order valence-corrected chi connectivity index (χ4v) is 5.12. The Kier molecular flexibility index (Phi) is 5.65. The Morgan fingerprint density at radius 1 is 1.21 bits per heavy atom. The minimum Gasteiger partial charge on any atom is -0.462 e. The summed E-state index contributed by atoms with van der Waals surface area (Å²) in [6, 6.07) is 20.4. The van der Waals surface area contributed by atoms with Crippen LogP contribution in [0.4, 0.5) is 10.7 Å². The molecule has 1 N–H and O–H groups in total. The predicted octanol–water partition coefficient (Wildman–Crippen LogP) is 5.74. The second kappa shape index (κ2) is 8.35. The minimum absolute atomic E-state index is 0.256. The zero-order valence-corrected chi connectivity index (χ0v) is 18.0. The molecule has 0 radical (unpaired) electrons. The summed E-state index contributed by atoms with van der Waals surface area (Å²) in [5.41, 5.74) is 3.97. The van der Waals surface area contributed by atoms with Crippen molar-refractivity contribution in [2.75, 3.05) is 16.8 Å². The maximum Gasteiger partial charge on any atom is 0.341 e. The van der Waals surface area contributed by atoms with Crippen LogP contribution in [0.25, 0.3) is 10.4 Å². The molecule has 0 aliphatic carbocycles. The molecule has 2 aromatic carbocycles. The van der Waals surface area contributed by atoms with Gasteiger partial charge in [-0.05, 0) is 55.7 Å². The zero-order chi connectivity index (χ0) is 20.4. The molecule has 3 aromatic rings.